The van der Waals surface area contributed by atoms with Crippen LogP contribution in [0.15, 0.2) is 24.3 Å². The third-order valence-electron chi connectivity index (χ3n) is 3.32. The van der Waals surface area contributed by atoms with E-state index in [1.165, 1.54) is 39.2 Å². The molecule has 0 aliphatic carbocycles. The van der Waals surface area contributed by atoms with Crippen molar-refractivity contribution in [1.82, 2.24) is 0 Å². The first-order valence-electron chi connectivity index (χ1n) is 7.53. The molecule has 1 aromatic rings. The van der Waals surface area contributed by atoms with Crippen molar-refractivity contribution in [3.8, 4) is 0 Å². The fraction of sp³-hybridized carbons (Fsp3) is 0.588. The van der Waals surface area contributed by atoms with Crippen molar-refractivity contribution in [3.63, 3.8) is 0 Å². The molecule has 0 amide bonds. The predicted octanol–water partition coefficient (Wildman–Crippen LogP) is 4.35. The van der Waals surface area contributed by atoms with Crippen LogP contribution in [-0.2, 0) is 16.1 Å². The lowest BCUT2D eigenvalue weighted by atomic mass is 10.1. The summed E-state index contributed by atoms with van der Waals surface area (Å²) >= 11 is 0. The van der Waals surface area contributed by atoms with Gasteiger partial charge >= 0.3 is 5.97 Å². The largest absolute Gasteiger partial charge is 0.465 e. The Morgan fingerprint density at radius 2 is 1.75 bits per heavy atom. The monoisotopic (exact) mass is 278 g/mol. The fourth-order valence-corrected chi connectivity index (χ4v) is 2.12. The van der Waals surface area contributed by atoms with E-state index in [1.807, 2.05) is 18.2 Å². The van der Waals surface area contributed by atoms with Gasteiger partial charge in [-0.3, -0.25) is 0 Å². The van der Waals surface area contributed by atoms with Gasteiger partial charge in [-0.05, 0) is 18.1 Å². The van der Waals surface area contributed by atoms with Gasteiger partial charge in [0.15, 0.2) is 0 Å². The SMILES string of the molecule is CCCCCCCCOCc1ccccc1C(=O)OC. The number of carbonyl (C=O) groups is 1. The maximum absolute atomic E-state index is 11.6. The second kappa shape index (κ2) is 10.4. The van der Waals surface area contributed by atoms with E-state index in [0.717, 1.165) is 18.6 Å². The Hall–Kier alpha value is -1.35. The maximum Gasteiger partial charge on any atom is 0.338 e. The quantitative estimate of drug-likeness (QED) is 0.471. The first kappa shape index (κ1) is 16.7. The highest BCUT2D eigenvalue weighted by Crippen LogP contribution is 2.12. The summed E-state index contributed by atoms with van der Waals surface area (Å²) in [5.74, 6) is -0.302. The maximum atomic E-state index is 11.6. The molecule has 0 unspecified atom stereocenters. The summed E-state index contributed by atoms with van der Waals surface area (Å²) < 4.78 is 10.4. The van der Waals surface area contributed by atoms with E-state index < -0.39 is 0 Å². The highest BCUT2D eigenvalue weighted by molar-refractivity contribution is 5.90. The van der Waals surface area contributed by atoms with Gasteiger partial charge in [-0.2, -0.15) is 0 Å². The third-order valence-corrected chi connectivity index (χ3v) is 3.32. The van der Waals surface area contributed by atoms with Crippen molar-refractivity contribution in [2.75, 3.05) is 13.7 Å². The molecule has 1 rings (SSSR count). The molecule has 0 aliphatic rings. The van der Waals surface area contributed by atoms with Gasteiger partial charge < -0.3 is 9.47 Å². The van der Waals surface area contributed by atoms with Gasteiger partial charge in [0.1, 0.15) is 0 Å². The summed E-state index contributed by atoms with van der Waals surface area (Å²) in [5.41, 5.74) is 1.49. The highest BCUT2D eigenvalue weighted by atomic mass is 16.5. The molecule has 0 saturated carbocycles. The molecule has 3 nitrogen and oxygen atoms in total. The average Bonchev–Trinajstić information content (AvgIpc) is 2.49. The number of hydrogen-bond acceptors (Lipinski definition) is 3. The van der Waals surface area contributed by atoms with Gasteiger partial charge in [0.2, 0.25) is 0 Å². The molecule has 0 radical (unpaired) electrons. The van der Waals surface area contributed by atoms with E-state index in [2.05, 4.69) is 6.92 Å². The Morgan fingerprint density at radius 3 is 2.50 bits per heavy atom. The number of unbranched alkanes of at least 4 members (excludes halogenated alkanes) is 5. The third kappa shape index (κ3) is 6.20. The van der Waals surface area contributed by atoms with Gasteiger partial charge in [0, 0.05) is 6.61 Å². The lowest BCUT2D eigenvalue weighted by Gasteiger charge is -2.08. The Balaban J connectivity index is 2.23. The Kier molecular flexibility index (Phi) is 8.72. The molecule has 0 atom stereocenters. The summed E-state index contributed by atoms with van der Waals surface area (Å²) in [5, 5.41) is 0. The second-order valence-electron chi connectivity index (χ2n) is 4.97. The van der Waals surface area contributed by atoms with E-state index in [0.29, 0.717) is 12.2 Å². The number of esters is 1. The summed E-state index contributed by atoms with van der Waals surface area (Å²) in [6.45, 7) is 3.45. The number of benzene rings is 1. The molecule has 0 bridgehead atoms. The zero-order chi connectivity index (χ0) is 14.6. The van der Waals surface area contributed by atoms with Crippen LogP contribution in [0.25, 0.3) is 0 Å². The van der Waals surface area contributed by atoms with Crippen LogP contribution >= 0.6 is 0 Å². The molecule has 3 heteroatoms. The molecule has 0 heterocycles. The average molecular weight is 278 g/mol. The summed E-state index contributed by atoms with van der Waals surface area (Å²) in [6.07, 6.45) is 7.52. The van der Waals surface area contributed by atoms with Crippen molar-refractivity contribution in [3.05, 3.63) is 35.4 Å². The molecular formula is C17H26O3. The van der Waals surface area contributed by atoms with E-state index >= 15 is 0 Å². The van der Waals surface area contributed by atoms with Crippen LogP contribution in [0.2, 0.25) is 0 Å². The fourth-order valence-electron chi connectivity index (χ4n) is 2.12. The molecule has 112 valence electrons. The first-order chi connectivity index (χ1) is 9.79. The van der Waals surface area contributed by atoms with Crippen molar-refractivity contribution in [2.45, 2.75) is 52.1 Å². The predicted molar refractivity (Wildman–Crippen MR) is 80.8 cm³/mol. The van der Waals surface area contributed by atoms with Crippen molar-refractivity contribution < 1.29 is 14.3 Å². The summed E-state index contributed by atoms with van der Waals surface area (Å²) in [6, 6.07) is 7.43. The lowest BCUT2D eigenvalue weighted by molar-refractivity contribution is 0.0591. The van der Waals surface area contributed by atoms with Crippen molar-refractivity contribution >= 4 is 5.97 Å². The van der Waals surface area contributed by atoms with Crippen LogP contribution in [0.4, 0.5) is 0 Å². The van der Waals surface area contributed by atoms with Gasteiger partial charge in [-0.15, -0.1) is 0 Å². The topological polar surface area (TPSA) is 35.5 Å². The first-order valence-corrected chi connectivity index (χ1v) is 7.53. The number of rotatable bonds is 10. The smallest absolute Gasteiger partial charge is 0.338 e. The standard InChI is InChI=1S/C17H26O3/c1-3-4-5-6-7-10-13-20-14-15-11-8-9-12-16(15)17(18)19-2/h8-9,11-12H,3-7,10,13-14H2,1-2H3. The molecule has 20 heavy (non-hydrogen) atoms. The molecular weight excluding hydrogens is 252 g/mol. The Labute approximate surface area is 122 Å². The van der Waals surface area contributed by atoms with Crippen molar-refractivity contribution in [1.29, 1.82) is 0 Å². The summed E-state index contributed by atoms with van der Waals surface area (Å²) in [4.78, 5) is 11.6. The number of carbonyl (C=O) groups excluding carboxylic acids is 1. The van der Waals surface area contributed by atoms with Crippen LogP contribution < -0.4 is 0 Å². The number of hydrogen-bond donors (Lipinski definition) is 0. The van der Waals surface area contributed by atoms with Crippen LogP contribution in [0.1, 0.15) is 61.4 Å². The summed E-state index contributed by atoms with van der Waals surface area (Å²) in [7, 11) is 1.40. The number of ether oxygens (including phenoxy) is 2. The minimum atomic E-state index is -0.302. The van der Waals surface area contributed by atoms with E-state index in [-0.39, 0.29) is 5.97 Å². The minimum absolute atomic E-state index is 0.302. The molecule has 0 aromatic heterocycles. The molecule has 1 aromatic carbocycles. The van der Waals surface area contributed by atoms with Gasteiger partial charge in [-0.1, -0.05) is 57.2 Å². The van der Waals surface area contributed by atoms with Crippen LogP contribution in [0, 0.1) is 0 Å². The number of methoxy groups -OCH3 is 1. The van der Waals surface area contributed by atoms with Crippen LogP contribution in [0.5, 0.6) is 0 Å². The zero-order valence-electron chi connectivity index (χ0n) is 12.7. The molecule has 0 spiro atoms. The van der Waals surface area contributed by atoms with E-state index in [4.69, 9.17) is 9.47 Å². The Bertz CT molecular complexity index is 388. The molecule has 0 aliphatic heterocycles. The van der Waals surface area contributed by atoms with Crippen molar-refractivity contribution in [2.24, 2.45) is 0 Å². The normalized spacial score (nSPS) is 10.5. The molecule has 0 saturated heterocycles. The zero-order valence-corrected chi connectivity index (χ0v) is 12.7. The minimum Gasteiger partial charge on any atom is -0.465 e. The van der Waals surface area contributed by atoms with Gasteiger partial charge in [-0.25, -0.2) is 4.79 Å². The highest BCUT2D eigenvalue weighted by Gasteiger charge is 2.10. The van der Waals surface area contributed by atoms with Crippen LogP contribution in [0.3, 0.4) is 0 Å². The Morgan fingerprint density at radius 1 is 1.05 bits per heavy atom. The van der Waals surface area contributed by atoms with Gasteiger partial charge in [0.25, 0.3) is 0 Å². The van der Waals surface area contributed by atoms with E-state index in [9.17, 15) is 4.79 Å². The second-order valence-corrected chi connectivity index (χ2v) is 4.97. The lowest BCUT2D eigenvalue weighted by Crippen LogP contribution is -2.07. The molecule has 0 N–H and O–H groups in total. The van der Waals surface area contributed by atoms with Crippen LogP contribution in [-0.4, -0.2) is 19.7 Å². The van der Waals surface area contributed by atoms with E-state index in [1.54, 1.807) is 6.07 Å². The molecule has 0 fully saturated rings. The van der Waals surface area contributed by atoms with Gasteiger partial charge in [0.05, 0.1) is 19.3 Å².